The van der Waals surface area contributed by atoms with Gasteiger partial charge in [0.2, 0.25) is 0 Å². The third kappa shape index (κ3) is 2.95. The Labute approximate surface area is 123 Å². The Morgan fingerprint density at radius 2 is 1.70 bits per heavy atom. The minimum Gasteiger partial charge on any atom is -0.394 e. The number of benzene rings is 2. The SMILES string of the molecule is CCCO[Si](CCC)(OC)c1cccc2ccccc12. The summed E-state index contributed by atoms with van der Waals surface area (Å²) in [5.74, 6) is 0. The molecular formula is C17H24O2Si. The number of rotatable bonds is 7. The molecule has 0 aliphatic carbocycles. The average molecular weight is 288 g/mol. The van der Waals surface area contributed by atoms with Gasteiger partial charge in [-0.1, -0.05) is 62.7 Å². The van der Waals surface area contributed by atoms with E-state index in [0.717, 1.165) is 25.5 Å². The van der Waals surface area contributed by atoms with Gasteiger partial charge in [-0.15, -0.1) is 0 Å². The lowest BCUT2D eigenvalue weighted by Gasteiger charge is -2.30. The molecule has 108 valence electrons. The molecule has 0 amide bonds. The molecule has 3 heteroatoms. The van der Waals surface area contributed by atoms with Crippen LogP contribution < -0.4 is 5.19 Å². The summed E-state index contributed by atoms with van der Waals surface area (Å²) in [6.45, 7) is 5.11. The molecule has 2 rings (SSSR count). The smallest absolute Gasteiger partial charge is 0.372 e. The van der Waals surface area contributed by atoms with Gasteiger partial charge in [0.15, 0.2) is 0 Å². The van der Waals surface area contributed by atoms with E-state index < -0.39 is 8.56 Å². The molecule has 0 saturated heterocycles. The highest BCUT2D eigenvalue weighted by Gasteiger charge is 2.39. The van der Waals surface area contributed by atoms with Crippen LogP contribution in [0.5, 0.6) is 0 Å². The zero-order chi connectivity index (χ0) is 14.4. The van der Waals surface area contributed by atoms with Crippen LogP contribution in [0, 0.1) is 0 Å². The second kappa shape index (κ2) is 7.02. The lowest BCUT2D eigenvalue weighted by atomic mass is 10.1. The second-order valence-corrected chi connectivity index (χ2v) is 8.32. The van der Waals surface area contributed by atoms with Crippen molar-refractivity contribution in [2.45, 2.75) is 32.7 Å². The van der Waals surface area contributed by atoms with Gasteiger partial charge in [0.05, 0.1) is 0 Å². The van der Waals surface area contributed by atoms with Crippen molar-refractivity contribution in [3.05, 3.63) is 42.5 Å². The molecule has 0 aromatic heterocycles. The van der Waals surface area contributed by atoms with Crippen molar-refractivity contribution in [2.75, 3.05) is 13.7 Å². The molecule has 0 heterocycles. The maximum absolute atomic E-state index is 6.28. The van der Waals surface area contributed by atoms with Crippen molar-refractivity contribution < 1.29 is 8.85 Å². The van der Waals surface area contributed by atoms with E-state index in [9.17, 15) is 0 Å². The Hall–Kier alpha value is -1.16. The molecule has 20 heavy (non-hydrogen) atoms. The predicted molar refractivity (Wildman–Crippen MR) is 87.7 cm³/mol. The van der Waals surface area contributed by atoms with Gasteiger partial charge in [0, 0.05) is 18.9 Å². The quantitative estimate of drug-likeness (QED) is 0.718. The maximum atomic E-state index is 6.28. The van der Waals surface area contributed by atoms with E-state index in [0.29, 0.717) is 0 Å². The van der Waals surface area contributed by atoms with E-state index in [1.165, 1.54) is 16.0 Å². The van der Waals surface area contributed by atoms with Gasteiger partial charge in [-0.3, -0.25) is 0 Å². The Bertz CT molecular complexity index is 550. The normalized spacial score (nSPS) is 14.3. The standard InChI is InChI=1S/C17H24O2Si/c1-4-13-19-20(18-3,14-5-2)17-12-8-10-15-9-6-7-11-16(15)17/h6-12H,4-5,13-14H2,1-3H3. The molecule has 1 atom stereocenters. The highest BCUT2D eigenvalue weighted by molar-refractivity contribution is 6.83. The second-order valence-electron chi connectivity index (χ2n) is 5.08. The highest BCUT2D eigenvalue weighted by Crippen LogP contribution is 2.21. The van der Waals surface area contributed by atoms with Crippen LogP contribution in [0.3, 0.4) is 0 Å². The van der Waals surface area contributed by atoms with E-state index in [-0.39, 0.29) is 0 Å². The van der Waals surface area contributed by atoms with Gasteiger partial charge < -0.3 is 8.85 Å². The third-order valence-corrected chi connectivity index (χ3v) is 7.39. The van der Waals surface area contributed by atoms with Crippen molar-refractivity contribution in [3.8, 4) is 0 Å². The van der Waals surface area contributed by atoms with Gasteiger partial charge in [-0.05, 0) is 23.2 Å². The number of hydrogen-bond donors (Lipinski definition) is 0. The minimum absolute atomic E-state index is 0.767. The highest BCUT2D eigenvalue weighted by atomic mass is 28.4. The van der Waals surface area contributed by atoms with E-state index in [4.69, 9.17) is 8.85 Å². The Kier molecular flexibility index (Phi) is 5.35. The van der Waals surface area contributed by atoms with Gasteiger partial charge in [-0.2, -0.15) is 0 Å². The fraction of sp³-hybridized carbons (Fsp3) is 0.412. The molecule has 0 aliphatic rings. The molecular weight excluding hydrogens is 264 g/mol. The summed E-state index contributed by atoms with van der Waals surface area (Å²) in [5.41, 5.74) is 0. The topological polar surface area (TPSA) is 18.5 Å². The fourth-order valence-electron chi connectivity index (χ4n) is 2.71. The van der Waals surface area contributed by atoms with Gasteiger partial charge in [0.25, 0.3) is 0 Å². The molecule has 2 aromatic carbocycles. The molecule has 1 unspecified atom stereocenters. The molecule has 0 N–H and O–H groups in total. The first-order valence-corrected chi connectivity index (χ1v) is 9.47. The summed E-state index contributed by atoms with van der Waals surface area (Å²) in [6.07, 6.45) is 2.10. The van der Waals surface area contributed by atoms with E-state index in [2.05, 4.69) is 56.3 Å². The lowest BCUT2D eigenvalue weighted by molar-refractivity contribution is 0.211. The molecule has 0 bridgehead atoms. The first-order chi connectivity index (χ1) is 9.77. The Morgan fingerprint density at radius 3 is 2.40 bits per heavy atom. The summed E-state index contributed by atoms with van der Waals surface area (Å²) in [7, 11) is -0.526. The summed E-state index contributed by atoms with van der Waals surface area (Å²) < 4.78 is 12.3. The number of hydrogen-bond acceptors (Lipinski definition) is 2. The molecule has 2 nitrogen and oxygen atoms in total. The molecule has 0 spiro atoms. The van der Waals surface area contributed by atoms with Crippen LogP contribution in [0.2, 0.25) is 6.04 Å². The van der Waals surface area contributed by atoms with Gasteiger partial charge in [0.1, 0.15) is 0 Å². The van der Waals surface area contributed by atoms with E-state index >= 15 is 0 Å². The Morgan fingerprint density at radius 1 is 0.950 bits per heavy atom. The summed E-state index contributed by atoms with van der Waals surface area (Å²) in [6, 6.07) is 15.9. The van der Waals surface area contributed by atoms with Crippen LogP contribution in [-0.4, -0.2) is 22.3 Å². The van der Waals surface area contributed by atoms with Gasteiger partial charge in [-0.25, -0.2) is 0 Å². The molecule has 2 aromatic rings. The van der Waals surface area contributed by atoms with E-state index in [1.807, 2.05) is 0 Å². The van der Waals surface area contributed by atoms with Crippen molar-refractivity contribution in [2.24, 2.45) is 0 Å². The first-order valence-electron chi connectivity index (χ1n) is 7.44. The maximum Gasteiger partial charge on any atom is 0.372 e. The summed E-state index contributed by atoms with van der Waals surface area (Å²) in [4.78, 5) is 0. The van der Waals surface area contributed by atoms with Crippen LogP contribution in [0.15, 0.2) is 42.5 Å². The van der Waals surface area contributed by atoms with Crippen LogP contribution in [0.4, 0.5) is 0 Å². The zero-order valence-electron chi connectivity index (χ0n) is 12.7. The first kappa shape index (κ1) is 15.2. The lowest BCUT2D eigenvalue weighted by Crippen LogP contribution is -2.53. The van der Waals surface area contributed by atoms with Gasteiger partial charge >= 0.3 is 8.56 Å². The molecule has 0 aliphatic heterocycles. The third-order valence-electron chi connectivity index (χ3n) is 3.65. The average Bonchev–Trinajstić information content (AvgIpc) is 2.51. The zero-order valence-corrected chi connectivity index (χ0v) is 13.7. The van der Waals surface area contributed by atoms with Crippen molar-refractivity contribution in [1.29, 1.82) is 0 Å². The van der Waals surface area contributed by atoms with Crippen LogP contribution in [0.1, 0.15) is 26.7 Å². The van der Waals surface area contributed by atoms with Crippen molar-refractivity contribution in [3.63, 3.8) is 0 Å². The monoisotopic (exact) mass is 288 g/mol. The number of fused-ring (bicyclic) bond motifs is 1. The van der Waals surface area contributed by atoms with E-state index in [1.54, 1.807) is 7.11 Å². The van der Waals surface area contributed by atoms with Crippen molar-refractivity contribution in [1.82, 2.24) is 0 Å². The van der Waals surface area contributed by atoms with Crippen molar-refractivity contribution >= 4 is 24.5 Å². The largest absolute Gasteiger partial charge is 0.394 e. The van der Waals surface area contributed by atoms with Crippen LogP contribution >= 0.6 is 0 Å². The predicted octanol–water partition coefficient (Wildman–Crippen LogP) is 3.97. The fourth-order valence-corrected chi connectivity index (χ4v) is 6.00. The minimum atomic E-state index is -2.33. The summed E-state index contributed by atoms with van der Waals surface area (Å²) in [5, 5.41) is 3.80. The molecule has 0 saturated carbocycles. The van der Waals surface area contributed by atoms with Crippen LogP contribution in [0.25, 0.3) is 10.8 Å². The summed E-state index contributed by atoms with van der Waals surface area (Å²) >= 11 is 0. The molecule has 0 radical (unpaired) electrons. The Balaban J connectivity index is 2.55. The molecule has 0 fully saturated rings. The van der Waals surface area contributed by atoms with Crippen LogP contribution in [-0.2, 0) is 8.85 Å².